The van der Waals surface area contributed by atoms with Crippen LogP contribution in [-0.2, 0) is 24.0 Å². The average Bonchev–Trinajstić information content (AvgIpc) is 2.64. The van der Waals surface area contributed by atoms with E-state index in [1.807, 2.05) is 0 Å². The molecular weight excluding hydrogens is 390 g/mol. The van der Waals surface area contributed by atoms with E-state index in [9.17, 15) is 34.2 Å². The van der Waals surface area contributed by atoms with Crippen LogP contribution in [0.15, 0.2) is 11.0 Å². The number of thioether (sulfide) groups is 1. The smallest absolute Gasteiger partial charge is 0.339 e. The number of carboxylic acid groups (broad SMARTS) is 2. The molecule has 0 saturated carbocycles. The van der Waals surface area contributed by atoms with E-state index in [0.29, 0.717) is 12.0 Å². The Hall–Kier alpha value is -2.56. The predicted molar refractivity (Wildman–Crippen MR) is 99.0 cm³/mol. The van der Waals surface area contributed by atoms with Gasteiger partial charge >= 0.3 is 11.9 Å². The molecule has 4 atom stereocenters. The van der Waals surface area contributed by atoms with Crippen molar-refractivity contribution in [2.45, 2.75) is 63.0 Å². The van der Waals surface area contributed by atoms with Gasteiger partial charge in [-0.05, 0) is 24.3 Å². The summed E-state index contributed by atoms with van der Waals surface area (Å²) >= 11 is 1.18. The Balaban J connectivity index is 2.25. The second kappa shape index (κ2) is 8.21. The number of aliphatic carboxylic acids is 2. The van der Waals surface area contributed by atoms with Crippen molar-refractivity contribution in [2.24, 2.45) is 0 Å². The zero-order valence-corrected chi connectivity index (χ0v) is 16.5. The first kappa shape index (κ1) is 21.7. The van der Waals surface area contributed by atoms with E-state index < -0.39 is 52.7 Å². The largest absolute Gasteiger partial charge is 0.479 e. The fourth-order valence-corrected chi connectivity index (χ4v) is 4.45. The molecule has 3 amide bonds. The highest BCUT2D eigenvalue weighted by Gasteiger charge is 2.57. The average molecular weight is 413 g/mol. The molecule has 28 heavy (non-hydrogen) atoms. The quantitative estimate of drug-likeness (QED) is 0.318. The van der Waals surface area contributed by atoms with Crippen molar-refractivity contribution in [3.05, 3.63) is 11.0 Å². The number of carbonyl (C=O) groups excluding carboxylic acids is 3. The highest BCUT2D eigenvalue weighted by Crippen LogP contribution is 2.40. The molecule has 10 nitrogen and oxygen atoms in total. The maximum Gasteiger partial charge on any atom is 0.339 e. The van der Waals surface area contributed by atoms with Crippen molar-refractivity contribution in [1.82, 2.24) is 15.5 Å². The van der Waals surface area contributed by atoms with Crippen LogP contribution in [0.3, 0.4) is 0 Å². The Bertz CT molecular complexity index is 753. The molecular formula is C17H23N3O7S. The molecule has 0 bridgehead atoms. The van der Waals surface area contributed by atoms with Crippen LogP contribution in [0.2, 0.25) is 0 Å². The number of hydrogen-bond donors (Lipinski definition) is 4. The Kier molecular flexibility index (Phi) is 6.37. The van der Waals surface area contributed by atoms with Gasteiger partial charge in [0.1, 0.15) is 11.4 Å². The van der Waals surface area contributed by atoms with Gasteiger partial charge in [-0.15, -0.1) is 11.8 Å². The van der Waals surface area contributed by atoms with Gasteiger partial charge in [0, 0.05) is 6.42 Å². The first-order valence-electron chi connectivity index (χ1n) is 8.83. The zero-order valence-electron chi connectivity index (χ0n) is 15.7. The van der Waals surface area contributed by atoms with Gasteiger partial charge in [0.25, 0.3) is 5.91 Å². The number of carboxylic acids is 2. The third-order valence-corrected chi connectivity index (χ3v) is 6.04. The summed E-state index contributed by atoms with van der Waals surface area (Å²) < 4.78 is 0. The van der Waals surface area contributed by atoms with Crippen LogP contribution in [-0.4, -0.2) is 67.8 Å². The number of fused-ring (bicyclic) bond motifs is 1. The highest BCUT2D eigenvalue weighted by molar-refractivity contribution is 8.02. The van der Waals surface area contributed by atoms with Gasteiger partial charge < -0.3 is 25.7 Å². The molecule has 0 spiro atoms. The summed E-state index contributed by atoms with van der Waals surface area (Å²) in [6.45, 7) is 4.79. The summed E-state index contributed by atoms with van der Waals surface area (Å²) in [5.41, 5.74) is -1.70. The lowest BCUT2D eigenvalue weighted by Gasteiger charge is -2.51. The molecule has 2 aliphatic heterocycles. The number of carbonyl (C=O) groups is 5. The Morgan fingerprint density at radius 2 is 1.89 bits per heavy atom. The Labute approximate surface area is 165 Å². The molecule has 0 aromatic carbocycles. The zero-order chi connectivity index (χ0) is 21.2. The van der Waals surface area contributed by atoms with E-state index in [2.05, 4.69) is 10.6 Å². The van der Waals surface area contributed by atoms with Crippen LogP contribution < -0.4 is 10.6 Å². The van der Waals surface area contributed by atoms with Gasteiger partial charge in [-0.25, -0.2) is 9.59 Å². The summed E-state index contributed by atoms with van der Waals surface area (Å²) in [4.78, 5) is 61.6. The highest BCUT2D eigenvalue weighted by atomic mass is 32.2. The number of amides is 3. The minimum Gasteiger partial charge on any atom is -0.479 e. The van der Waals surface area contributed by atoms with E-state index in [-0.39, 0.29) is 12.8 Å². The number of nitrogens with one attached hydrogen (secondary N) is 2. The molecule has 2 aliphatic rings. The molecule has 11 heteroatoms. The SMILES string of the molecule is CCCC(NC(=O)CC)(C(=O)O)C(=O)NC1C(=O)N2C(C(=O)O)C(C)=CS[C@@H]12. The van der Waals surface area contributed by atoms with E-state index in [1.54, 1.807) is 19.3 Å². The maximum atomic E-state index is 12.8. The van der Waals surface area contributed by atoms with Crippen LogP contribution in [0.25, 0.3) is 0 Å². The molecule has 1 saturated heterocycles. The lowest BCUT2D eigenvalue weighted by Crippen LogP contribution is -2.76. The molecule has 154 valence electrons. The number of nitrogens with zero attached hydrogens (tertiary/aromatic N) is 1. The fraction of sp³-hybridized carbons (Fsp3) is 0.588. The van der Waals surface area contributed by atoms with Crippen molar-refractivity contribution < 1.29 is 34.2 Å². The molecule has 2 heterocycles. The number of β-lactam (4-membered cyclic amide) rings is 1. The van der Waals surface area contributed by atoms with E-state index in [1.165, 1.54) is 18.7 Å². The summed E-state index contributed by atoms with van der Waals surface area (Å²) in [6, 6.07) is -2.19. The topological polar surface area (TPSA) is 153 Å². The lowest BCUT2D eigenvalue weighted by molar-refractivity contribution is -0.162. The minimum atomic E-state index is -2.19. The van der Waals surface area contributed by atoms with Gasteiger partial charge in [-0.2, -0.15) is 0 Å². The number of rotatable bonds is 8. The van der Waals surface area contributed by atoms with E-state index in [0.717, 1.165) is 4.90 Å². The van der Waals surface area contributed by atoms with Gasteiger partial charge in [-0.3, -0.25) is 14.4 Å². The van der Waals surface area contributed by atoms with E-state index >= 15 is 0 Å². The van der Waals surface area contributed by atoms with Crippen molar-refractivity contribution in [3.8, 4) is 0 Å². The first-order valence-corrected chi connectivity index (χ1v) is 9.77. The van der Waals surface area contributed by atoms with E-state index in [4.69, 9.17) is 0 Å². The minimum absolute atomic E-state index is 0.00893. The van der Waals surface area contributed by atoms with Gasteiger partial charge in [0.15, 0.2) is 6.04 Å². The third kappa shape index (κ3) is 3.58. The van der Waals surface area contributed by atoms with Crippen molar-refractivity contribution in [1.29, 1.82) is 0 Å². The molecule has 0 aromatic rings. The molecule has 0 aromatic heterocycles. The Morgan fingerprint density at radius 3 is 2.39 bits per heavy atom. The molecule has 3 unspecified atom stereocenters. The first-order chi connectivity index (χ1) is 13.1. The molecule has 2 rings (SSSR count). The molecule has 1 fully saturated rings. The van der Waals surface area contributed by atoms with Crippen molar-refractivity contribution in [3.63, 3.8) is 0 Å². The van der Waals surface area contributed by atoms with Crippen molar-refractivity contribution in [2.75, 3.05) is 0 Å². The second-order valence-electron chi connectivity index (χ2n) is 6.69. The number of hydrogen-bond acceptors (Lipinski definition) is 6. The maximum absolute atomic E-state index is 12.8. The fourth-order valence-electron chi connectivity index (χ4n) is 3.27. The summed E-state index contributed by atoms with van der Waals surface area (Å²) in [5, 5.41) is 24.6. The molecule has 0 radical (unpaired) electrons. The van der Waals surface area contributed by atoms with Crippen molar-refractivity contribution >= 4 is 41.4 Å². The standard InChI is InChI=1S/C17H23N3O7S/c1-4-6-17(16(26)27,19-9(21)5-2)15(25)18-10-12(22)20-11(14(23)24)8(3)7-28-13(10)20/h7,10-11,13H,4-6H2,1-3H3,(H,18,25)(H,19,21)(H,23,24)(H,26,27)/t10?,11?,13-,17?/m0/s1. The van der Waals surface area contributed by atoms with Crippen LogP contribution in [0.1, 0.15) is 40.0 Å². The monoisotopic (exact) mass is 413 g/mol. The summed E-state index contributed by atoms with van der Waals surface area (Å²) in [7, 11) is 0. The lowest BCUT2D eigenvalue weighted by atomic mass is 9.90. The second-order valence-corrected chi connectivity index (χ2v) is 7.68. The normalized spacial score (nSPS) is 25.5. The Morgan fingerprint density at radius 1 is 1.25 bits per heavy atom. The predicted octanol–water partition coefficient (Wildman–Crippen LogP) is -0.107. The summed E-state index contributed by atoms with van der Waals surface area (Å²) in [5.74, 6) is -4.92. The van der Waals surface area contributed by atoms with Gasteiger partial charge in [0.2, 0.25) is 17.4 Å². The van der Waals surface area contributed by atoms with Crippen LogP contribution in [0.5, 0.6) is 0 Å². The van der Waals surface area contributed by atoms with Crippen LogP contribution in [0.4, 0.5) is 0 Å². The van der Waals surface area contributed by atoms with Gasteiger partial charge in [0.05, 0.1) is 0 Å². The molecule has 4 N–H and O–H groups in total. The molecule has 0 aliphatic carbocycles. The van der Waals surface area contributed by atoms with Crippen LogP contribution in [0, 0.1) is 0 Å². The van der Waals surface area contributed by atoms with Crippen LogP contribution >= 0.6 is 11.8 Å². The van der Waals surface area contributed by atoms with Gasteiger partial charge in [-0.1, -0.05) is 20.3 Å². The third-order valence-electron chi connectivity index (χ3n) is 4.75. The summed E-state index contributed by atoms with van der Waals surface area (Å²) in [6.07, 6.45) is 0.139.